The highest BCUT2D eigenvalue weighted by Gasteiger charge is 2.21. The zero-order valence-corrected chi connectivity index (χ0v) is 10.3. The van der Waals surface area contributed by atoms with Crippen molar-refractivity contribution in [1.82, 2.24) is 15.2 Å². The number of nitrogens with zero attached hydrogens (tertiary/aromatic N) is 2. The average molecular weight is 225 g/mol. The van der Waals surface area contributed by atoms with E-state index in [9.17, 15) is 0 Å². The van der Waals surface area contributed by atoms with Crippen LogP contribution in [0.2, 0.25) is 0 Å². The molecule has 1 saturated heterocycles. The van der Waals surface area contributed by atoms with Crippen LogP contribution >= 0.6 is 11.3 Å². The summed E-state index contributed by atoms with van der Waals surface area (Å²) in [6.07, 6.45) is 2.61. The zero-order chi connectivity index (χ0) is 10.7. The van der Waals surface area contributed by atoms with E-state index in [1.165, 1.54) is 36.6 Å². The van der Waals surface area contributed by atoms with E-state index in [-0.39, 0.29) is 0 Å². The Morgan fingerprint density at radius 1 is 1.67 bits per heavy atom. The maximum Gasteiger partial charge on any atom is 0.0972 e. The molecule has 1 unspecified atom stereocenters. The molecule has 0 aromatic carbocycles. The van der Waals surface area contributed by atoms with Gasteiger partial charge in [-0.05, 0) is 33.5 Å². The minimum atomic E-state index is 0.666. The summed E-state index contributed by atoms with van der Waals surface area (Å²) in [6, 6.07) is 0. The molecule has 4 heteroatoms. The highest BCUT2D eigenvalue weighted by Crippen LogP contribution is 2.28. The van der Waals surface area contributed by atoms with Crippen LogP contribution in [0.25, 0.3) is 0 Å². The molecule has 3 nitrogen and oxygen atoms in total. The molecule has 0 aliphatic carbocycles. The quantitative estimate of drug-likeness (QED) is 0.848. The van der Waals surface area contributed by atoms with Gasteiger partial charge in [-0.3, -0.25) is 0 Å². The highest BCUT2D eigenvalue weighted by molar-refractivity contribution is 7.09. The maximum absolute atomic E-state index is 4.69. The van der Waals surface area contributed by atoms with E-state index in [2.05, 4.69) is 27.6 Å². The number of thiazole rings is 1. The van der Waals surface area contributed by atoms with Gasteiger partial charge in [0.1, 0.15) is 0 Å². The predicted molar refractivity (Wildman–Crippen MR) is 64.3 cm³/mol. The number of aromatic nitrogens is 1. The topological polar surface area (TPSA) is 28.2 Å². The first-order chi connectivity index (χ1) is 7.29. The van der Waals surface area contributed by atoms with Crippen LogP contribution < -0.4 is 5.32 Å². The van der Waals surface area contributed by atoms with E-state index in [1.54, 1.807) is 0 Å². The van der Waals surface area contributed by atoms with Crippen LogP contribution in [-0.4, -0.2) is 37.1 Å². The molecule has 1 aromatic heterocycles. The molecule has 1 fully saturated rings. The van der Waals surface area contributed by atoms with Crippen molar-refractivity contribution in [1.29, 1.82) is 0 Å². The Labute approximate surface area is 95.5 Å². The third-order valence-corrected chi connectivity index (χ3v) is 3.96. The van der Waals surface area contributed by atoms with Gasteiger partial charge in [-0.2, -0.15) is 0 Å². The summed E-state index contributed by atoms with van der Waals surface area (Å²) in [6.45, 7) is 3.30. The van der Waals surface area contributed by atoms with E-state index in [4.69, 9.17) is 0 Å². The van der Waals surface area contributed by atoms with Gasteiger partial charge < -0.3 is 10.2 Å². The molecule has 15 heavy (non-hydrogen) atoms. The molecule has 84 valence electrons. The summed E-state index contributed by atoms with van der Waals surface area (Å²) in [5.74, 6) is 0.666. The fourth-order valence-corrected chi connectivity index (χ4v) is 3.09. The summed E-state index contributed by atoms with van der Waals surface area (Å²) < 4.78 is 0. The normalized spacial score (nSPS) is 23.2. The molecular formula is C11H19N3S. The second-order valence-corrected chi connectivity index (χ2v) is 5.20. The van der Waals surface area contributed by atoms with Crippen LogP contribution in [0.3, 0.4) is 0 Å². The summed E-state index contributed by atoms with van der Waals surface area (Å²) in [4.78, 5) is 7.10. The molecule has 0 spiro atoms. The maximum atomic E-state index is 4.69. The van der Waals surface area contributed by atoms with Gasteiger partial charge in [-0.15, -0.1) is 11.3 Å². The summed E-state index contributed by atoms with van der Waals surface area (Å²) >= 11 is 1.82. The van der Waals surface area contributed by atoms with Gasteiger partial charge in [0.25, 0.3) is 0 Å². The Bertz CT molecular complexity index is 311. The van der Waals surface area contributed by atoms with E-state index in [0.29, 0.717) is 5.92 Å². The zero-order valence-electron chi connectivity index (χ0n) is 9.49. The molecule has 0 amide bonds. The first-order valence-electron chi connectivity index (χ1n) is 5.57. The summed E-state index contributed by atoms with van der Waals surface area (Å²) in [7, 11) is 4.17. The smallest absolute Gasteiger partial charge is 0.0972 e. The standard InChI is InChI=1S/C11H19N3S/c1-12-6-10-8-15-11(13-10)9-4-3-5-14(2)7-9/h8-9,12H,3-7H2,1-2H3. The SMILES string of the molecule is CNCc1csc(C2CCCN(C)C2)n1. The van der Waals surface area contributed by atoms with E-state index >= 15 is 0 Å². The number of likely N-dealkylation sites (tertiary alicyclic amines) is 1. The molecule has 0 bridgehead atoms. The predicted octanol–water partition coefficient (Wildman–Crippen LogP) is 1.67. The fraction of sp³-hybridized carbons (Fsp3) is 0.727. The van der Waals surface area contributed by atoms with Crippen molar-refractivity contribution >= 4 is 11.3 Å². The lowest BCUT2D eigenvalue weighted by Gasteiger charge is -2.28. The minimum absolute atomic E-state index is 0.666. The largest absolute Gasteiger partial charge is 0.314 e. The molecule has 2 rings (SSSR count). The lowest BCUT2D eigenvalue weighted by molar-refractivity contribution is 0.250. The Balaban J connectivity index is 2.01. The highest BCUT2D eigenvalue weighted by atomic mass is 32.1. The Kier molecular flexibility index (Phi) is 3.72. The van der Waals surface area contributed by atoms with Crippen LogP contribution in [0.5, 0.6) is 0 Å². The first-order valence-corrected chi connectivity index (χ1v) is 6.45. The second kappa shape index (κ2) is 5.05. The summed E-state index contributed by atoms with van der Waals surface area (Å²) in [5.41, 5.74) is 1.19. The minimum Gasteiger partial charge on any atom is -0.314 e. The number of nitrogens with one attached hydrogen (secondary N) is 1. The lowest BCUT2D eigenvalue weighted by Crippen LogP contribution is -2.30. The van der Waals surface area contributed by atoms with Gasteiger partial charge in [-0.1, -0.05) is 0 Å². The molecule has 0 saturated carbocycles. The lowest BCUT2D eigenvalue weighted by atomic mass is 9.99. The molecule has 1 atom stereocenters. The number of piperidine rings is 1. The molecule has 2 heterocycles. The Morgan fingerprint density at radius 2 is 2.53 bits per heavy atom. The summed E-state index contributed by atoms with van der Waals surface area (Å²) in [5, 5.41) is 6.65. The molecular weight excluding hydrogens is 206 g/mol. The Morgan fingerprint density at radius 3 is 3.27 bits per heavy atom. The molecule has 1 aromatic rings. The van der Waals surface area contributed by atoms with Crippen molar-refractivity contribution < 1.29 is 0 Å². The van der Waals surface area contributed by atoms with E-state index in [1.807, 2.05) is 18.4 Å². The van der Waals surface area contributed by atoms with Crippen molar-refractivity contribution in [3.63, 3.8) is 0 Å². The van der Waals surface area contributed by atoms with Gasteiger partial charge in [-0.25, -0.2) is 4.98 Å². The van der Waals surface area contributed by atoms with Crippen molar-refractivity contribution in [3.8, 4) is 0 Å². The van der Waals surface area contributed by atoms with Gasteiger partial charge in [0, 0.05) is 24.4 Å². The van der Waals surface area contributed by atoms with Crippen molar-refractivity contribution in [2.45, 2.75) is 25.3 Å². The van der Waals surface area contributed by atoms with Crippen molar-refractivity contribution in [2.75, 3.05) is 27.2 Å². The van der Waals surface area contributed by atoms with Crippen LogP contribution in [-0.2, 0) is 6.54 Å². The van der Waals surface area contributed by atoms with Crippen LogP contribution in [0.15, 0.2) is 5.38 Å². The number of likely N-dealkylation sites (N-methyl/N-ethyl adjacent to an activating group) is 1. The molecule has 0 radical (unpaired) electrons. The fourth-order valence-electron chi connectivity index (χ4n) is 2.14. The van der Waals surface area contributed by atoms with Crippen LogP contribution in [0.1, 0.15) is 29.5 Å². The number of hydrogen-bond donors (Lipinski definition) is 1. The molecule has 1 N–H and O–H groups in total. The first kappa shape index (κ1) is 11.0. The van der Waals surface area contributed by atoms with E-state index in [0.717, 1.165) is 6.54 Å². The van der Waals surface area contributed by atoms with Crippen LogP contribution in [0, 0.1) is 0 Å². The third-order valence-electron chi connectivity index (χ3n) is 2.90. The number of hydrogen-bond acceptors (Lipinski definition) is 4. The van der Waals surface area contributed by atoms with Gasteiger partial charge in [0.05, 0.1) is 10.7 Å². The van der Waals surface area contributed by atoms with E-state index < -0.39 is 0 Å². The third kappa shape index (κ3) is 2.77. The second-order valence-electron chi connectivity index (χ2n) is 4.31. The monoisotopic (exact) mass is 225 g/mol. The number of rotatable bonds is 3. The van der Waals surface area contributed by atoms with Crippen LogP contribution in [0.4, 0.5) is 0 Å². The van der Waals surface area contributed by atoms with Gasteiger partial charge in [0.2, 0.25) is 0 Å². The molecule has 1 aliphatic heterocycles. The van der Waals surface area contributed by atoms with Crippen molar-refractivity contribution in [2.24, 2.45) is 0 Å². The Hall–Kier alpha value is -0.450. The average Bonchev–Trinajstić information content (AvgIpc) is 2.67. The van der Waals surface area contributed by atoms with Crippen molar-refractivity contribution in [3.05, 3.63) is 16.1 Å². The van der Waals surface area contributed by atoms with Gasteiger partial charge >= 0.3 is 0 Å². The van der Waals surface area contributed by atoms with Gasteiger partial charge in [0.15, 0.2) is 0 Å². The molecule has 1 aliphatic rings.